The molecular formula is C20H25NO3. The SMILES string of the molecule is CC(C)c1ccc(OCC(=O)NCCOCc2ccccc2)cc1. The van der Waals surface area contributed by atoms with E-state index in [1.165, 1.54) is 5.56 Å². The Morgan fingerprint density at radius 3 is 2.42 bits per heavy atom. The number of carbonyl (C=O) groups excluding carboxylic acids is 1. The first kappa shape index (κ1) is 18.0. The van der Waals surface area contributed by atoms with Crippen LogP contribution in [0.25, 0.3) is 0 Å². The van der Waals surface area contributed by atoms with Crippen molar-refractivity contribution in [3.05, 3.63) is 65.7 Å². The van der Waals surface area contributed by atoms with Crippen LogP contribution in [0.2, 0.25) is 0 Å². The van der Waals surface area contributed by atoms with E-state index in [1.807, 2.05) is 54.6 Å². The Bertz CT molecular complexity index is 609. The third-order valence-corrected chi connectivity index (χ3v) is 3.60. The molecule has 0 saturated heterocycles. The molecule has 0 bridgehead atoms. The van der Waals surface area contributed by atoms with Gasteiger partial charge in [-0.25, -0.2) is 0 Å². The van der Waals surface area contributed by atoms with Gasteiger partial charge in [0.2, 0.25) is 0 Å². The third-order valence-electron chi connectivity index (χ3n) is 3.60. The fourth-order valence-electron chi connectivity index (χ4n) is 2.18. The number of amides is 1. The van der Waals surface area contributed by atoms with Gasteiger partial charge in [-0.2, -0.15) is 0 Å². The molecule has 0 aliphatic carbocycles. The lowest BCUT2D eigenvalue weighted by Crippen LogP contribution is -2.31. The van der Waals surface area contributed by atoms with E-state index < -0.39 is 0 Å². The van der Waals surface area contributed by atoms with Crippen LogP contribution in [0.1, 0.15) is 30.9 Å². The molecule has 0 aromatic heterocycles. The summed E-state index contributed by atoms with van der Waals surface area (Å²) in [6.45, 7) is 5.80. The van der Waals surface area contributed by atoms with E-state index in [0.29, 0.717) is 31.4 Å². The minimum absolute atomic E-state index is 0.0136. The lowest BCUT2D eigenvalue weighted by molar-refractivity contribution is -0.123. The van der Waals surface area contributed by atoms with Crippen LogP contribution in [0.15, 0.2) is 54.6 Å². The summed E-state index contributed by atoms with van der Waals surface area (Å²) in [5, 5.41) is 2.78. The van der Waals surface area contributed by atoms with Gasteiger partial charge in [-0.1, -0.05) is 56.3 Å². The third kappa shape index (κ3) is 6.42. The van der Waals surface area contributed by atoms with Crippen LogP contribution < -0.4 is 10.1 Å². The van der Waals surface area contributed by atoms with Gasteiger partial charge in [0.25, 0.3) is 5.91 Å². The van der Waals surface area contributed by atoms with E-state index in [2.05, 4.69) is 19.2 Å². The van der Waals surface area contributed by atoms with Crippen molar-refractivity contribution in [1.82, 2.24) is 5.32 Å². The summed E-state index contributed by atoms with van der Waals surface area (Å²) in [7, 11) is 0. The van der Waals surface area contributed by atoms with Crippen LogP contribution >= 0.6 is 0 Å². The number of rotatable bonds is 9. The lowest BCUT2D eigenvalue weighted by Gasteiger charge is -2.09. The molecule has 0 aliphatic heterocycles. The Kier molecular flexibility index (Phi) is 7.30. The van der Waals surface area contributed by atoms with Gasteiger partial charge in [0.15, 0.2) is 6.61 Å². The van der Waals surface area contributed by atoms with Crippen molar-refractivity contribution >= 4 is 5.91 Å². The van der Waals surface area contributed by atoms with Crippen molar-refractivity contribution < 1.29 is 14.3 Å². The maximum atomic E-state index is 11.7. The van der Waals surface area contributed by atoms with Crippen LogP contribution in [-0.2, 0) is 16.1 Å². The molecule has 0 fully saturated rings. The van der Waals surface area contributed by atoms with E-state index in [4.69, 9.17) is 9.47 Å². The summed E-state index contributed by atoms with van der Waals surface area (Å²) in [6.07, 6.45) is 0. The minimum Gasteiger partial charge on any atom is -0.484 e. The Balaban J connectivity index is 1.58. The predicted molar refractivity (Wildman–Crippen MR) is 95.1 cm³/mol. The quantitative estimate of drug-likeness (QED) is 0.717. The number of benzene rings is 2. The Hall–Kier alpha value is -2.33. The van der Waals surface area contributed by atoms with Gasteiger partial charge in [-0.05, 0) is 29.2 Å². The summed E-state index contributed by atoms with van der Waals surface area (Å²) < 4.78 is 11.0. The number of hydrogen-bond donors (Lipinski definition) is 1. The largest absolute Gasteiger partial charge is 0.484 e. The standard InChI is InChI=1S/C20H25NO3/c1-16(2)18-8-10-19(11-9-18)24-15-20(22)21-12-13-23-14-17-6-4-3-5-7-17/h3-11,16H,12-15H2,1-2H3,(H,21,22). The summed E-state index contributed by atoms with van der Waals surface area (Å²) >= 11 is 0. The monoisotopic (exact) mass is 327 g/mol. The molecule has 2 aromatic rings. The number of ether oxygens (including phenoxy) is 2. The molecule has 0 radical (unpaired) electrons. The van der Waals surface area contributed by atoms with Crippen LogP contribution in [0.4, 0.5) is 0 Å². The topological polar surface area (TPSA) is 47.6 Å². The normalized spacial score (nSPS) is 10.6. The first-order valence-electron chi connectivity index (χ1n) is 8.26. The Labute approximate surface area is 143 Å². The number of carbonyl (C=O) groups is 1. The van der Waals surface area contributed by atoms with Gasteiger partial charge >= 0.3 is 0 Å². The predicted octanol–water partition coefficient (Wildman–Crippen LogP) is 3.52. The van der Waals surface area contributed by atoms with Gasteiger partial charge < -0.3 is 14.8 Å². The molecule has 24 heavy (non-hydrogen) atoms. The Morgan fingerprint density at radius 1 is 1.04 bits per heavy atom. The average Bonchev–Trinajstić information content (AvgIpc) is 2.61. The first-order valence-corrected chi connectivity index (χ1v) is 8.26. The molecular weight excluding hydrogens is 302 g/mol. The van der Waals surface area contributed by atoms with Crippen molar-refractivity contribution in [2.75, 3.05) is 19.8 Å². The molecule has 1 amide bonds. The second kappa shape index (κ2) is 9.73. The maximum absolute atomic E-state index is 11.7. The molecule has 128 valence electrons. The average molecular weight is 327 g/mol. The second-order valence-corrected chi connectivity index (χ2v) is 5.90. The van der Waals surface area contributed by atoms with Crippen molar-refractivity contribution in [3.63, 3.8) is 0 Å². The van der Waals surface area contributed by atoms with Crippen molar-refractivity contribution in [2.24, 2.45) is 0 Å². The van der Waals surface area contributed by atoms with E-state index in [-0.39, 0.29) is 12.5 Å². The molecule has 0 atom stereocenters. The number of hydrogen-bond acceptors (Lipinski definition) is 3. The maximum Gasteiger partial charge on any atom is 0.258 e. The highest BCUT2D eigenvalue weighted by Crippen LogP contribution is 2.18. The molecule has 4 heteroatoms. The lowest BCUT2D eigenvalue weighted by atomic mass is 10.0. The van der Waals surface area contributed by atoms with E-state index in [1.54, 1.807) is 0 Å². The molecule has 0 aliphatic rings. The molecule has 0 spiro atoms. The molecule has 2 rings (SSSR count). The van der Waals surface area contributed by atoms with E-state index in [9.17, 15) is 4.79 Å². The highest BCUT2D eigenvalue weighted by Gasteiger charge is 2.03. The summed E-state index contributed by atoms with van der Waals surface area (Å²) in [4.78, 5) is 11.7. The molecule has 1 N–H and O–H groups in total. The van der Waals surface area contributed by atoms with Crippen LogP contribution in [0.5, 0.6) is 5.75 Å². The minimum atomic E-state index is -0.147. The summed E-state index contributed by atoms with van der Waals surface area (Å²) in [6, 6.07) is 17.8. The highest BCUT2D eigenvalue weighted by atomic mass is 16.5. The molecule has 0 unspecified atom stereocenters. The zero-order valence-electron chi connectivity index (χ0n) is 14.3. The summed E-state index contributed by atoms with van der Waals surface area (Å²) in [5.74, 6) is 1.04. The fraction of sp³-hybridized carbons (Fsp3) is 0.350. The Morgan fingerprint density at radius 2 is 1.75 bits per heavy atom. The van der Waals surface area contributed by atoms with Gasteiger partial charge in [0.05, 0.1) is 13.2 Å². The first-order chi connectivity index (χ1) is 11.6. The zero-order valence-corrected chi connectivity index (χ0v) is 14.3. The zero-order chi connectivity index (χ0) is 17.2. The van der Waals surface area contributed by atoms with E-state index >= 15 is 0 Å². The molecule has 0 heterocycles. The fourth-order valence-corrected chi connectivity index (χ4v) is 2.18. The van der Waals surface area contributed by atoms with Gasteiger partial charge in [0, 0.05) is 6.54 Å². The van der Waals surface area contributed by atoms with Crippen LogP contribution in [0.3, 0.4) is 0 Å². The number of nitrogens with one attached hydrogen (secondary N) is 1. The van der Waals surface area contributed by atoms with Crippen molar-refractivity contribution in [3.8, 4) is 5.75 Å². The van der Waals surface area contributed by atoms with Gasteiger partial charge in [-0.15, -0.1) is 0 Å². The van der Waals surface area contributed by atoms with Crippen LogP contribution in [0, 0.1) is 0 Å². The second-order valence-electron chi connectivity index (χ2n) is 5.90. The van der Waals surface area contributed by atoms with Gasteiger partial charge in [0.1, 0.15) is 5.75 Å². The van der Waals surface area contributed by atoms with Gasteiger partial charge in [-0.3, -0.25) is 4.79 Å². The van der Waals surface area contributed by atoms with E-state index in [0.717, 1.165) is 5.56 Å². The molecule has 4 nitrogen and oxygen atoms in total. The molecule has 0 saturated carbocycles. The highest BCUT2D eigenvalue weighted by molar-refractivity contribution is 5.77. The van der Waals surface area contributed by atoms with Crippen molar-refractivity contribution in [2.45, 2.75) is 26.4 Å². The molecule has 2 aromatic carbocycles. The van der Waals surface area contributed by atoms with Crippen molar-refractivity contribution in [1.29, 1.82) is 0 Å². The smallest absolute Gasteiger partial charge is 0.258 e. The van der Waals surface area contributed by atoms with Crippen LogP contribution in [-0.4, -0.2) is 25.7 Å². The summed E-state index contributed by atoms with van der Waals surface area (Å²) in [5.41, 5.74) is 2.37.